The second-order valence-corrected chi connectivity index (χ2v) is 4.72. The van der Waals surface area contributed by atoms with E-state index in [9.17, 15) is 0 Å². The molecule has 0 unspecified atom stereocenters. The highest BCUT2D eigenvalue weighted by Crippen LogP contribution is 2.26. The Kier molecular flexibility index (Phi) is 3.36. The van der Waals surface area contributed by atoms with Crippen LogP contribution in [-0.2, 0) is 6.54 Å². The van der Waals surface area contributed by atoms with Gasteiger partial charge in [-0.05, 0) is 19.2 Å². The number of aromatic nitrogens is 1. The van der Waals surface area contributed by atoms with Gasteiger partial charge in [-0.3, -0.25) is 0 Å². The Balaban J connectivity index is 2.25. The quantitative estimate of drug-likeness (QED) is 0.889. The van der Waals surface area contributed by atoms with Crippen molar-refractivity contribution in [2.75, 3.05) is 7.05 Å². The molecule has 2 aromatic rings. The van der Waals surface area contributed by atoms with Gasteiger partial charge in [-0.15, -0.1) is 11.3 Å². The van der Waals surface area contributed by atoms with Crippen LogP contribution in [0.4, 0.5) is 0 Å². The van der Waals surface area contributed by atoms with Crippen molar-refractivity contribution in [1.82, 2.24) is 10.3 Å². The maximum absolute atomic E-state index is 5.83. The topological polar surface area (TPSA) is 24.9 Å². The highest BCUT2D eigenvalue weighted by Gasteiger charge is 2.03. The van der Waals surface area contributed by atoms with Gasteiger partial charge in [0.2, 0.25) is 0 Å². The van der Waals surface area contributed by atoms with Gasteiger partial charge in [0.05, 0.1) is 0 Å². The zero-order valence-corrected chi connectivity index (χ0v) is 9.90. The monoisotopic (exact) mass is 238 g/mol. The second-order valence-electron chi connectivity index (χ2n) is 3.17. The minimum atomic E-state index is 0.755. The van der Waals surface area contributed by atoms with Crippen molar-refractivity contribution in [3.63, 3.8) is 0 Å². The fourth-order valence-corrected chi connectivity index (χ4v) is 2.34. The normalized spacial score (nSPS) is 10.5. The molecule has 2 rings (SSSR count). The highest BCUT2D eigenvalue weighted by molar-refractivity contribution is 7.15. The van der Waals surface area contributed by atoms with Gasteiger partial charge in [-0.25, -0.2) is 4.98 Å². The summed E-state index contributed by atoms with van der Waals surface area (Å²) in [5, 5.41) is 4.90. The minimum absolute atomic E-state index is 0.755. The molecule has 1 heterocycles. The van der Waals surface area contributed by atoms with Crippen molar-refractivity contribution in [2.24, 2.45) is 0 Å². The molecule has 78 valence electrons. The lowest BCUT2D eigenvalue weighted by molar-refractivity contribution is 0.829. The average molecular weight is 239 g/mol. The summed E-state index contributed by atoms with van der Waals surface area (Å²) in [5.74, 6) is 0. The van der Waals surface area contributed by atoms with Gasteiger partial charge in [0, 0.05) is 28.2 Å². The molecule has 0 aliphatic heterocycles. The van der Waals surface area contributed by atoms with Crippen LogP contribution >= 0.6 is 22.9 Å². The Labute approximate surface area is 97.9 Å². The van der Waals surface area contributed by atoms with Crippen molar-refractivity contribution >= 4 is 22.9 Å². The molecule has 0 atom stereocenters. The number of hydrogen-bond donors (Lipinski definition) is 1. The van der Waals surface area contributed by atoms with E-state index in [4.69, 9.17) is 11.6 Å². The fourth-order valence-electron chi connectivity index (χ4n) is 1.29. The fraction of sp³-hybridized carbons (Fsp3) is 0.182. The first kappa shape index (κ1) is 10.6. The van der Waals surface area contributed by atoms with Gasteiger partial charge in [-0.1, -0.05) is 23.7 Å². The molecule has 1 N–H and O–H groups in total. The molecule has 4 heteroatoms. The van der Waals surface area contributed by atoms with E-state index in [1.807, 2.05) is 37.5 Å². The highest BCUT2D eigenvalue weighted by atomic mass is 35.5. The lowest BCUT2D eigenvalue weighted by Crippen LogP contribution is -2.02. The first-order chi connectivity index (χ1) is 7.29. The molecule has 1 aromatic heterocycles. The van der Waals surface area contributed by atoms with Crippen LogP contribution in [0.15, 0.2) is 30.5 Å². The summed E-state index contributed by atoms with van der Waals surface area (Å²) < 4.78 is 0. The number of thiazole rings is 1. The summed E-state index contributed by atoms with van der Waals surface area (Å²) in [5.41, 5.74) is 1.12. The standard InChI is InChI=1S/C11H11ClN2S/c1-13-6-10-7-14-11(15-10)8-2-4-9(12)5-3-8/h2-5,7,13H,6H2,1H3. The predicted octanol–water partition coefficient (Wildman–Crippen LogP) is 3.18. The van der Waals surface area contributed by atoms with Crippen LogP contribution in [0, 0.1) is 0 Å². The van der Waals surface area contributed by atoms with Crippen LogP contribution < -0.4 is 5.32 Å². The zero-order chi connectivity index (χ0) is 10.7. The van der Waals surface area contributed by atoms with E-state index in [2.05, 4.69) is 10.3 Å². The zero-order valence-electron chi connectivity index (χ0n) is 8.33. The number of halogens is 1. The molecule has 0 amide bonds. The van der Waals surface area contributed by atoms with Gasteiger partial charge in [0.15, 0.2) is 0 Å². The number of benzene rings is 1. The Morgan fingerprint density at radius 1 is 1.33 bits per heavy atom. The Morgan fingerprint density at radius 3 is 2.73 bits per heavy atom. The van der Waals surface area contributed by atoms with Crippen molar-refractivity contribution in [3.05, 3.63) is 40.4 Å². The molecule has 0 aliphatic rings. The molecular formula is C11H11ClN2S. The first-order valence-corrected chi connectivity index (χ1v) is 5.84. The van der Waals surface area contributed by atoms with Gasteiger partial charge >= 0.3 is 0 Å². The van der Waals surface area contributed by atoms with Gasteiger partial charge < -0.3 is 5.32 Å². The minimum Gasteiger partial charge on any atom is -0.315 e. The Bertz CT molecular complexity index is 436. The van der Waals surface area contributed by atoms with Crippen LogP contribution in [0.2, 0.25) is 5.02 Å². The molecule has 0 saturated carbocycles. The van der Waals surface area contributed by atoms with Gasteiger partial charge in [0.25, 0.3) is 0 Å². The van der Waals surface area contributed by atoms with Crippen molar-refractivity contribution in [3.8, 4) is 10.6 Å². The summed E-state index contributed by atoms with van der Waals surface area (Å²) in [6, 6.07) is 7.75. The van der Waals surface area contributed by atoms with E-state index in [1.54, 1.807) is 11.3 Å². The van der Waals surface area contributed by atoms with Crippen molar-refractivity contribution in [2.45, 2.75) is 6.54 Å². The number of nitrogens with zero attached hydrogens (tertiary/aromatic N) is 1. The average Bonchev–Trinajstić information content (AvgIpc) is 2.68. The molecule has 2 nitrogen and oxygen atoms in total. The van der Waals surface area contributed by atoms with Crippen LogP contribution in [0.1, 0.15) is 4.88 Å². The Hall–Kier alpha value is -0.900. The third kappa shape index (κ3) is 2.56. The van der Waals surface area contributed by atoms with Crippen LogP contribution in [0.5, 0.6) is 0 Å². The van der Waals surface area contributed by atoms with E-state index in [0.29, 0.717) is 0 Å². The summed E-state index contributed by atoms with van der Waals surface area (Å²) >= 11 is 7.53. The molecule has 0 saturated heterocycles. The lowest BCUT2D eigenvalue weighted by Gasteiger charge is -1.95. The largest absolute Gasteiger partial charge is 0.315 e. The summed E-state index contributed by atoms with van der Waals surface area (Å²) in [6.07, 6.45) is 1.91. The maximum atomic E-state index is 5.83. The summed E-state index contributed by atoms with van der Waals surface area (Å²) in [6.45, 7) is 0.866. The van der Waals surface area contributed by atoms with E-state index in [1.165, 1.54) is 4.88 Å². The third-order valence-electron chi connectivity index (χ3n) is 2.00. The molecule has 0 spiro atoms. The summed E-state index contributed by atoms with van der Waals surface area (Å²) in [7, 11) is 1.93. The Morgan fingerprint density at radius 2 is 2.07 bits per heavy atom. The molecular weight excluding hydrogens is 228 g/mol. The SMILES string of the molecule is CNCc1cnc(-c2ccc(Cl)cc2)s1. The van der Waals surface area contributed by atoms with E-state index < -0.39 is 0 Å². The lowest BCUT2D eigenvalue weighted by atomic mass is 10.2. The van der Waals surface area contributed by atoms with Crippen LogP contribution in [0.3, 0.4) is 0 Å². The van der Waals surface area contributed by atoms with E-state index in [0.717, 1.165) is 22.1 Å². The van der Waals surface area contributed by atoms with E-state index >= 15 is 0 Å². The molecule has 1 aromatic carbocycles. The van der Waals surface area contributed by atoms with Crippen LogP contribution in [0.25, 0.3) is 10.6 Å². The van der Waals surface area contributed by atoms with E-state index in [-0.39, 0.29) is 0 Å². The third-order valence-corrected chi connectivity index (χ3v) is 3.29. The molecule has 0 bridgehead atoms. The second kappa shape index (κ2) is 4.75. The smallest absolute Gasteiger partial charge is 0.123 e. The predicted molar refractivity (Wildman–Crippen MR) is 65.3 cm³/mol. The van der Waals surface area contributed by atoms with Crippen LogP contribution in [-0.4, -0.2) is 12.0 Å². The number of hydrogen-bond acceptors (Lipinski definition) is 3. The van der Waals surface area contributed by atoms with Crippen molar-refractivity contribution < 1.29 is 0 Å². The van der Waals surface area contributed by atoms with Gasteiger partial charge in [0.1, 0.15) is 5.01 Å². The molecule has 15 heavy (non-hydrogen) atoms. The summed E-state index contributed by atoms with van der Waals surface area (Å²) in [4.78, 5) is 5.61. The molecule has 0 fully saturated rings. The number of nitrogens with one attached hydrogen (secondary N) is 1. The van der Waals surface area contributed by atoms with Gasteiger partial charge in [-0.2, -0.15) is 0 Å². The number of rotatable bonds is 3. The molecule has 0 radical (unpaired) electrons. The molecule has 0 aliphatic carbocycles. The maximum Gasteiger partial charge on any atom is 0.123 e. The first-order valence-electron chi connectivity index (χ1n) is 4.65. The van der Waals surface area contributed by atoms with Crippen molar-refractivity contribution in [1.29, 1.82) is 0 Å².